The third-order valence-corrected chi connectivity index (χ3v) is 7.87. The lowest BCUT2D eigenvalue weighted by atomic mass is 10.2. The molecule has 3 rings (SSSR count). The molecule has 0 spiro atoms. The van der Waals surface area contributed by atoms with E-state index < -0.39 is 27.2 Å². The Morgan fingerprint density at radius 2 is 1.85 bits per heavy atom. The molecule has 2 unspecified atom stereocenters. The molecule has 0 fully saturated rings. The van der Waals surface area contributed by atoms with E-state index in [1.54, 1.807) is 49.9 Å². The minimum absolute atomic E-state index is 0.0212. The van der Waals surface area contributed by atoms with Crippen LogP contribution in [0.1, 0.15) is 18.4 Å². The minimum atomic E-state index is -4.06. The van der Waals surface area contributed by atoms with Crippen LogP contribution in [-0.2, 0) is 20.6 Å². The summed E-state index contributed by atoms with van der Waals surface area (Å²) in [7, 11) is -2.76. The van der Waals surface area contributed by atoms with E-state index in [9.17, 15) is 18.4 Å². The van der Waals surface area contributed by atoms with Crippen LogP contribution in [0, 0.1) is 6.92 Å². The maximum Gasteiger partial charge on any atom is 0.262 e. The number of thioether (sulfide) groups is 1. The van der Waals surface area contributed by atoms with Crippen LogP contribution in [-0.4, -0.2) is 52.3 Å². The zero-order valence-corrected chi connectivity index (χ0v) is 19.8. The molecule has 2 N–H and O–H groups in total. The van der Waals surface area contributed by atoms with Crippen LogP contribution in [0.5, 0.6) is 11.5 Å². The van der Waals surface area contributed by atoms with E-state index in [0.717, 1.165) is 4.31 Å². The van der Waals surface area contributed by atoms with E-state index in [0.29, 0.717) is 28.7 Å². The van der Waals surface area contributed by atoms with Gasteiger partial charge in [0, 0.05) is 36.5 Å². The van der Waals surface area contributed by atoms with Crippen molar-refractivity contribution in [2.45, 2.75) is 35.8 Å². The fraction of sp³-hybridized carbons (Fsp3) is 0.286. The minimum Gasteiger partial charge on any atom is -0.457 e. The highest BCUT2D eigenvalue weighted by molar-refractivity contribution is 7.99. The zero-order chi connectivity index (χ0) is 24.0. The van der Waals surface area contributed by atoms with Crippen molar-refractivity contribution in [3.63, 3.8) is 0 Å². The number of carbonyl (C=O) groups is 1. The molecule has 0 saturated heterocycles. The van der Waals surface area contributed by atoms with Gasteiger partial charge < -0.3 is 9.26 Å². The first-order valence-electron chi connectivity index (χ1n) is 9.86. The molecule has 12 heteroatoms. The molecule has 176 valence electrons. The van der Waals surface area contributed by atoms with E-state index in [2.05, 4.69) is 10.1 Å². The Hall–Kier alpha value is -2.93. The highest BCUT2D eigenvalue weighted by Crippen LogP contribution is 2.28. The molecule has 10 nitrogen and oxygen atoms in total. The SMILES string of the molecule is Cc1cc(CSC(C)C(C(=O)NO)N(C)S(=O)(=O)c2ccc(Oc3ccncc3)cc2)no1. The lowest BCUT2D eigenvalue weighted by Gasteiger charge is -2.30. The smallest absolute Gasteiger partial charge is 0.262 e. The van der Waals surface area contributed by atoms with Gasteiger partial charge in [-0.3, -0.25) is 15.0 Å². The quantitative estimate of drug-likeness (QED) is 0.323. The van der Waals surface area contributed by atoms with Gasteiger partial charge in [-0.2, -0.15) is 16.1 Å². The Morgan fingerprint density at radius 1 is 1.21 bits per heavy atom. The number of benzene rings is 1. The summed E-state index contributed by atoms with van der Waals surface area (Å²) in [5, 5.41) is 12.6. The third kappa shape index (κ3) is 6.11. The van der Waals surface area contributed by atoms with Crippen LogP contribution < -0.4 is 10.2 Å². The molecular formula is C21H24N4O6S2. The molecule has 2 heterocycles. The molecule has 0 aliphatic rings. The molecule has 1 aromatic carbocycles. The number of hydroxylamine groups is 1. The maximum atomic E-state index is 13.2. The first-order valence-corrected chi connectivity index (χ1v) is 12.3. The van der Waals surface area contributed by atoms with Crippen LogP contribution in [0.2, 0.25) is 0 Å². The number of aromatic nitrogens is 2. The first-order chi connectivity index (χ1) is 15.7. The molecule has 0 radical (unpaired) electrons. The predicted octanol–water partition coefficient (Wildman–Crippen LogP) is 2.99. The normalized spacial score (nSPS) is 13.5. The van der Waals surface area contributed by atoms with Gasteiger partial charge in [0.1, 0.15) is 23.3 Å². The number of rotatable bonds is 10. The summed E-state index contributed by atoms with van der Waals surface area (Å²) in [4.78, 5) is 16.3. The van der Waals surface area contributed by atoms with Gasteiger partial charge in [-0.05, 0) is 43.3 Å². The molecule has 0 saturated carbocycles. The van der Waals surface area contributed by atoms with Gasteiger partial charge >= 0.3 is 0 Å². The van der Waals surface area contributed by atoms with E-state index in [1.807, 2.05) is 0 Å². The zero-order valence-electron chi connectivity index (χ0n) is 18.2. The Kier molecular flexibility index (Phi) is 8.08. The van der Waals surface area contributed by atoms with Crippen molar-refractivity contribution in [3.05, 3.63) is 66.3 Å². The average molecular weight is 493 g/mol. The number of nitrogens with one attached hydrogen (secondary N) is 1. The highest BCUT2D eigenvalue weighted by Gasteiger charge is 2.37. The van der Waals surface area contributed by atoms with Crippen molar-refractivity contribution < 1.29 is 27.7 Å². The molecule has 0 bridgehead atoms. The van der Waals surface area contributed by atoms with Crippen molar-refractivity contribution in [3.8, 4) is 11.5 Å². The third-order valence-electron chi connectivity index (χ3n) is 4.77. The number of pyridine rings is 1. The van der Waals surface area contributed by atoms with E-state index in [1.165, 1.54) is 43.1 Å². The fourth-order valence-electron chi connectivity index (χ4n) is 3.07. The molecule has 1 amide bonds. The Balaban J connectivity index is 1.76. The number of carbonyl (C=O) groups excluding carboxylic acids is 1. The highest BCUT2D eigenvalue weighted by atomic mass is 32.2. The number of likely N-dealkylation sites (N-methyl/N-ethyl adjacent to an activating group) is 1. The predicted molar refractivity (Wildman–Crippen MR) is 121 cm³/mol. The molecule has 2 atom stereocenters. The summed E-state index contributed by atoms with van der Waals surface area (Å²) in [6.07, 6.45) is 3.16. The number of aryl methyl sites for hydroxylation is 1. The monoisotopic (exact) mass is 492 g/mol. The topological polar surface area (TPSA) is 135 Å². The summed E-state index contributed by atoms with van der Waals surface area (Å²) in [5.74, 6) is 1.22. The van der Waals surface area contributed by atoms with Gasteiger partial charge in [0.05, 0.1) is 10.6 Å². The van der Waals surface area contributed by atoms with Crippen LogP contribution in [0.15, 0.2) is 64.3 Å². The van der Waals surface area contributed by atoms with Crippen molar-refractivity contribution in [2.75, 3.05) is 7.05 Å². The van der Waals surface area contributed by atoms with Crippen molar-refractivity contribution in [1.82, 2.24) is 19.9 Å². The average Bonchev–Trinajstić information content (AvgIpc) is 3.23. The Labute approximate surface area is 196 Å². The lowest BCUT2D eigenvalue weighted by Crippen LogP contribution is -2.51. The van der Waals surface area contributed by atoms with E-state index in [4.69, 9.17) is 9.26 Å². The largest absolute Gasteiger partial charge is 0.457 e. The lowest BCUT2D eigenvalue weighted by molar-refractivity contribution is -0.132. The van der Waals surface area contributed by atoms with Crippen LogP contribution in [0.4, 0.5) is 0 Å². The maximum absolute atomic E-state index is 13.2. The number of hydrogen-bond donors (Lipinski definition) is 2. The molecule has 0 aliphatic carbocycles. The summed E-state index contributed by atoms with van der Waals surface area (Å²) < 4.78 is 38.1. The summed E-state index contributed by atoms with van der Waals surface area (Å²) in [5.41, 5.74) is 2.24. The number of hydrogen-bond acceptors (Lipinski definition) is 9. The summed E-state index contributed by atoms with van der Waals surface area (Å²) >= 11 is 1.31. The van der Waals surface area contributed by atoms with Gasteiger partial charge in [0.25, 0.3) is 5.91 Å². The second kappa shape index (κ2) is 10.8. The summed E-state index contributed by atoms with van der Waals surface area (Å²) in [6.45, 7) is 3.47. The molecule has 3 aromatic rings. The number of ether oxygens (including phenoxy) is 1. The van der Waals surface area contributed by atoms with Crippen LogP contribution in [0.3, 0.4) is 0 Å². The van der Waals surface area contributed by atoms with Gasteiger partial charge in [0.15, 0.2) is 0 Å². The second-order valence-corrected chi connectivity index (χ2v) is 10.5. The van der Waals surface area contributed by atoms with Gasteiger partial charge in [0.2, 0.25) is 10.0 Å². The number of nitrogens with zero attached hydrogens (tertiary/aromatic N) is 3. The Morgan fingerprint density at radius 3 is 2.42 bits per heavy atom. The van der Waals surface area contributed by atoms with Gasteiger partial charge in [-0.25, -0.2) is 13.9 Å². The second-order valence-electron chi connectivity index (χ2n) is 7.14. The van der Waals surface area contributed by atoms with E-state index >= 15 is 0 Å². The standard InChI is InChI=1S/C21H24N4O6S2/c1-14-12-16(24-31-14)13-32-15(2)20(21(26)23-27)25(3)33(28,29)19-6-4-17(5-7-19)30-18-8-10-22-11-9-18/h4-12,15,20,27H,13H2,1-3H3,(H,23,26). The first kappa shape index (κ1) is 24.7. The van der Waals surface area contributed by atoms with E-state index in [-0.39, 0.29) is 4.90 Å². The van der Waals surface area contributed by atoms with Gasteiger partial charge in [-0.15, -0.1) is 0 Å². The fourth-order valence-corrected chi connectivity index (χ4v) is 5.60. The molecule has 33 heavy (non-hydrogen) atoms. The molecule has 2 aromatic heterocycles. The van der Waals surface area contributed by atoms with Crippen LogP contribution >= 0.6 is 11.8 Å². The Bertz CT molecular complexity index is 1170. The number of sulfonamides is 1. The summed E-state index contributed by atoms with van der Waals surface area (Å²) in [6, 6.07) is 9.77. The van der Waals surface area contributed by atoms with Crippen molar-refractivity contribution in [1.29, 1.82) is 0 Å². The molecular weight excluding hydrogens is 468 g/mol. The van der Waals surface area contributed by atoms with Crippen LogP contribution in [0.25, 0.3) is 0 Å². The van der Waals surface area contributed by atoms with Gasteiger partial charge in [-0.1, -0.05) is 12.1 Å². The van der Waals surface area contributed by atoms with Crippen molar-refractivity contribution >= 4 is 27.7 Å². The molecule has 0 aliphatic heterocycles. The van der Waals surface area contributed by atoms with Crippen molar-refractivity contribution in [2.24, 2.45) is 0 Å². The number of amides is 1.